The van der Waals surface area contributed by atoms with Gasteiger partial charge < -0.3 is 0 Å². The lowest BCUT2D eigenvalue weighted by molar-refractivity contribution is 0.101. The summed E-state index contributed by atoms with van der Waals surface area (Å²) >= 11 is 0. The van der Waals surface area contributed by atoms with Gasteiger partial charge in [0.15, 0.2) is 5.78 Å². The van der Waals surface area contributed by atoms with E-state index in [0.29, 0.717) is 11.5 Å². The van der Waals surface area contributed by atoms with Crippen LogP contribution in [-0.4, -0.2) is 15.8 Å². The molecular weight excluding hydrogens is 212 g/mol. The average molecular weight is 230 g/mol. The van der Waals surface area contributed by atoms with Gasteiger partial charge in [0.25, 0.3) is 0 Å². The average Bonchev–Trinajstić information content (AvgIpc) is 2.89. The van der Waals surface area contributed by atoms with Crippen molar-refractivity contribution in [2.24, 2.45) is 11.8 Å². The third-order valence-corrected chi connectivity index (χ3v) is 4.45. The molecule has 3 atom stereocenters. The van der Waals surface area contributed by atoms with Crippen molar-refractivity contribution in [2.75, 3.05) is 0 Å². The number of nitrogens with zero attached hydrogens (tertiary/aromatic N) is 2. The molecule has 0 amide bonds. The number of aryl methyl sites for hydroxylation is 1. The summed E-state index contributed by atoms with van der Waals surface area (Å²) in [7, 11) is 0. The molecule has 2 fully saturated rings. The largest absolute Gasteiger partial charge is 0.294 e. The van der Waals surface area contributed by atoms with Crippen LogP contribution in [0.25, 0.3) is 0 Å². The van der Waals surface area contributed by atoms with Gasteiger partial charge in [0.2, 0.25) is 0 Å². The molecule has 0 radical (unpaired) electrons. The van der Waals surface area contributed by atoms with Gasteiger partial charge in [-0.2, -0.15) is 0 Å². The molecule has 3 heteroatoms. The fourth-order valence-electron chi connectivity index (χ4n) is 3.57. The number of rotatable bonds is 2. The summed E-state index contributed by atoms with van der Waals surface area (Å²) in [6.07, 6.45) is 7.06. The van der Waals surface area contributed by atoms with Crippen molar-refractivity contribution in [3.05, 3.63) is 23.3 Å². The van der Waals surface area contributed by atoms with Crippen LogP contribution in [0.2, 0.25) is 0 Å². The van der Waals surface area contributed by atoms with Gasteiger partial charge in [-0.3, -0.25) is 4.79 Å². The van der Waals surface area contributed by atoms with Crippen molar-refractivity contribution >= 4 is 5.78 Å². The molecule has 0 N–H and O–H groups in total. The summed E-state index contributed by atoms with van der Waals surface area (Å²) < 4.78 is 0. The zero-order valence-corrected chi connectivity index (χ0v) is 10.4. The lowest BCUT2D eigenvalue weighted by Gasteiger charge is -2.20. The molecule has 1 aromatic heterocycles. The van der Waals surface area contributed by atoms with Crippen LogP contribution in [0.5, 0.6) is 0 Å². The van der Waals surface area contributed by atoms with Crippen LogP contribution < -0.4 is 0 Å². The first kappa shape index (κ1) is 10.9. The molecule has 0 saturated heterocycles. The molecule has 2 aliphatic carbocycles. The maximum Gasteiger partial charge on any atom is 0.163 e. The molecule has 1 aromatic rings. The van der Waals surface area contributed by atoms with Gasteiger partial charge >= 0.3 is 0 Å². The SMILES string of the molecule is CC(=O)c1cnc(C2CC3CCC2C3)nc1C. The predicted octanol–water partition coefficient (Wildman–Crippen LogP) is 2.89. The van der Waals surface area contributed by atoms with E-state index in [9.17, 15) is 4.79 Å². The minimum Gasteiger partial charge on any atom is -0.294 e. The molecule has 3 unspecified atom stereocenters. The first-order valence-corrected chi connectivity index (χ1v) is 6.49. The Bertz CT molecular complexity index is 469. The van der Waals surface area contributed by atoms with E-state index in [0.717, 1.165) is 23.4 Å². The van der Waals surface area contributed by atoms with Crippen LogP contribution in [0.1, 0.15) is 60.4 Å². The second-order valence-corrected chi connectivity index (χ2v) is 5.56. The fourth-order valence-corrected chi connectivity index (χ4v) is 3.57. The molecule has 2 aliphatic rings. The molecule has 1 heterocycles. The van der Waals surface area contributed by atoms with Gasteiger partial charge in [0, 0.05) is 12.1 Å². The molecule has 0 spiro atoms. The van der Waals surface area contributed by atoms with E-state index in [1.165, 1.54) is 25.7 Å². The van der Waals surface area contributed by atoms with Gasteiger partial charge in [-0.15, -0.1) is 0 Å². The van der Waals surface area contributed by atoms with Crippen molar-refractivity contribution in [3.8, 4) is 0 Å². The Morgan fingerprint density at radius 1 is 1.35 bits per heavy atom. The molecule has 0 aliphatic heterocycles. The van der Waals surface area contributed by atoms with Crippen molar-refractivity contribution in [2.45, 2.75) is 45.4 Å². The summed E-state index contributed by atoms with van der Waals surface area (Å²) in [6, 6.07) is 0. The second kappa shape index (κ2) is 3.90. The van der Waals surface area contributed by atoms with E-state index in [-0.39, 0.29) is 5.78 Å². The lowest BCUT2D eigenvalue weighted by Crippen LogP contribution is -2.14. The van der Waals surface area contributed by atoms with E-state index < -0.39 is 0 Å². The maximum atomic E-state index is 11.3. The minimum atomic E-state index is 0.0574. The van der Waals surface area contributed by atoms with Crippen LogP contribution in [0.15, 0.2) is 6.20 Å². The summed E-state index contributed by atoms with van der Waals surface area (Å²) in [5.41, 5.74) is 1.50. The lowest BCUT2D eigenvalue weighted by atomic mass is 9.88. The van der Waals surface area contributed by atoms with Gasteiger partial charge in [0.05, 0.1) is 11.3 Å². The van der Waals surface area contributed by atoms with Crippen LogP contribution >= 0.6 is 0 Å². The predicted molar refractivity (Wildman–Crippen MR) is 65.0 cm³/mol. The number of aromatic nitrogens is 2. The van der Waals surface area contributed by atoms with E-state index in [4.69, 9.17) is 0 Å². The Balaban J connectivity index is 1.89. The Morgan fingerprint density at radius 2 is 2.18 bits per heavy atom. The summed E-state index contributed by atoms with van der Waals surface area (Å²) in [6.45, 7) is 3.48. The normalized spacial score (nSPS) is 30.8. The summed E-state index contributed by atoms with van der Waals surface area (Å²) in [5, 5.41) is 0. The molecule has 3 nitrogen and oxygen atoms in total. The first-order valence-electron chi connectivity index (χ1n) is 6.49. The molecule has 2 bridgehead atoms. The highest BCUT2D eigenvalue weighted by atomic mass is 16.1. The Kier molecular flexibility index (Phi) is 2.49. The number of carbonyl (C=O) groups excluding carboxylic acids is 1. The molecule has 2 saturated carbocycles. The van der Waals surface area contributed by atoms with Crippen molar-refractivity contribution in [1.29, 1.82) is 0 Å². The van der Waals surface area contributed by atoms with Crippen LogP contribution in [0.4, 0.5) is 0 Å². The highest BCUT2D eigenvalue weighted by molar-refractivity contribution is 5.94. The van der Waals surface area contributed by atoms with Gasteiger partial charge in [-0.1, -0.05) is 6.42 Å². The maximum absolute atomic E-state index is 11.3. The number of hydrogen-bond acceptors (Lipinski definition) is 3. The van der Waals surface area contributed by atoms with Crippen molar-refractivity contribution < 1.29 is 4.79 Å². The Morgan fingerprint density at radius 3 is 2.71 bits per heavy atom. The van der Waals surface area contributed by atoms with Crippen LogP contribution in [-0.2, 0) is 0 Å². The highest BCUT2D eigenvalue weighted by Gasteiger charge is 2.41. The van der Waals surface area contributed by atoms with E-state index >= 15 is 0 Å². The summed E-state index contributed by atoms with van der Waals surface area (Å²) in [5.74, 6) is 3.28. The van der Waals surface area contributed by atoms with E-state index in [1.54, 1.807) is 13.1 Å². The quantitative estimate of drug-likeness (QED) is 0.734. The number of carbonyl (C=O) groups is 1. The number of fused-ring (bicyclic) bond motifs is 2. The van der Waals surface area contributed by atoms with E-state index in [1.807, 2.05) is 6.92 Å². The zero-order chi connectivity index (χ0) is 12.0. The van der Waals surface area contributed by atoms with Crippen LogP contribution in [0.3, 0.4) is 0 Å². The molecule has 0 aromatic carbocycles. The number of ketones is 1. The fraction of sp³-hybridized carbons (Fsp3) is 0.643. The van der Waals surface area contributed by atoms with Crippen LogP contribution in [0, 0.1) is 18.8 Å². The summed E-state index contributed by atoms with van der Waals surface area (Å²) in [4.78, 5) is 20.3. The molecule has 3 rings (SSSR count). The topological polar surface area (TPSA) is 42.9 Å². The number of hydrogen-bond donors (Lipinski definition) is 0. The molecule has 17 heavy (non-hydrogen) atoms. The third-order valence-electron chi connectivity index (χ3n) is 4.45. The van der Waals surface area contributed by atoms with Gasteiger partial charge in [-0.05, 0) is 44.9 Å². The van der Waals surface area contributed by atoms with Gasteiger partial charge in [0.1, 0.15) is 5.82 Å². The first-order chi connectivity index (χ1) is 8.15. The van der Waals surface area contributed by atoms with Gasteiger partial charge in [-0.25, -0.2) is 9.97 Å². The molecule has 90 valence electrons. The standard InChI is InChI=1S/C14H18N2O/c1-8-13(9(2)17)7-15-14(16-8)12-6-10-3-4-11(12)5-10/h7,10-12H,3-6H2,1-2H3. The van der Waals surface area contributed by atoms with E-state index in [2.05, 4.69) is 9.97 Å². The minimum absolute atomic E-state index is 0.0574. The monoisotopic (exact) mass is 230 g/mol. The number of Topliss-reactive ketones (excluding diaryl/α,β-unsaturated/α-hetero) is 1. The van der Waals surface area contributed by atoms with Crippen molar-refractivity contribution in [3.63, 3.8) is 0 Å². The third kappa shape index (κ3) is 1.78. The molecular formula is C14H18N2O. The second-order valence-electron chi connectivity index (χ2n) is 5.56. The smallest absolute Gasteiger partial charge is 0.163 e. The Labute approximate surface area is 102 Å². The highest BCUT2D eigenvalue weighted by Crippen LogP contribution is 2.52. The van der Waals surface area contributed by atoms with Crippen molar-refractivity contribution in [1.82, 2.24) is 9.97 Å². The Hall–Kier alpha value is -1.25. The zero-order valence-electron chi connectivity index (χ0n) is 10.4.